The fourth-order valence-corrected chi connectivity index (χ4v) is 2.11. The summed E-state index contributed by atoms with van der Waals surface area (Å²) in [5.41, 5.74) is 0.675. The van der Waals surface area contributed by atoms with Gasteiger partial charge in [-0.05, 0) is 18.4 Å². The average molecular weight is 309 g/mol. The third kappa shape index (κ3) is 5.27. The summed E-state index contributed by atoms with van der Waals surface area (Å²) in [5, 5.41) is 11.7. The van der Waals surface area contributed by atoms with Crippen LogP contribution < -0.4 is 14.8 Å². The number of amides is 1. The highest BCUT2D eigenvalue weighted by molar-refractivity contribution is 5.85. The summed E-state index contributed by atoms with van der Waals surface area (Å²) in [7, 11) is 3.06. The molecule has 0 saturated carbocycles. The third-order valence-electron chi connectivity index (χ3n) is 3.19. The summed E-state index contributed by atoms with van der Waals surface area (Å²) in [4.78, 5) is 23.2. The van der Waals surface area contributed by atoms with Gasteiger partial charge in [-0.25, -0.2) is 4.79 Å². The van der Waals surface area contributed by atoms with Crippen LogP contribution in [-0.2, 0) is 16.0 Å². The molecule has 0 aliphatic carbocycles. The molecule has 1 aromatic carbocycles. The molecule has 0 aliphatic rings. The fourth-order valence-electron chi connectivity index (χ4n) is 2.11. The van der Waals surface area contributed by atoms with Crippen LogP contribution in [0.15, 0.2) is 18.2 Å². The Labute approximate surface area is 130 Å². The molecule has 1 rings (SSSR count). The van der Waals surface area contributed by atoms with Crippen LogP contribution in [0, 0.1) is 5.92 Å². The molecular weight excluding hydrogens is 286 g/mol. The van der Waals surface area contributed by atoms with E-state index in [1.807, 2.05) is 13.8 Å². The van der Waals surface area contributed by atoms with Crippen LogP contribution in [0.2, 0.25) is 0 Å². The summed E-state index contributed by atoms with van der Waals surface area (Å²) < 4.78 is 10.3. The van der Waals surface area contributed by atoms with Crippen molar-refractivity contribution in [3.05, 3.63) is 23.8 Å². The van der Waals surface area contributed by atoms with Gasteiger partial charge in [-0.15, -0.1) is 0 Å². The van der Waals surface area contributed by atoms with Gasteiger partial charge < -0.3 is 19.9 Å². The summed E-state index contributed by atoms with van der Waals surface area (Å²) in [5.74, 6) is -0.0355. The van der Waals surface area contributed by atoms with Gasteiger partial charge in [0.25, 0.3) is 0 Å². The van der Waals surface area contributed by atoms with E-state index in [1.165, 1.54) is 7.11 Å². The van der Waals surface area contributed by atoms with Crippen LogP contribution in [0.4, 0.5) is 0 Å². The Morgan fingerprint density at radius 3 is 2.41 bits per heavy atom. The standard InChI is InChI=1S/C16H23NO5/c1-10(2)7-13(16(19)20)17-15(18)8-11-5-6-12(21-3)9-14(11)22-4/h5-6,9-10,13H,7-8H2,1-4H3,(H,17,18)(H,19,20). The Kier molecular flexibility index (Phi) is 6.69. The van der Waals surface area contributed by atoms with Gasteiger partial charge in [0.05, 0.1) is 20.6 Å². The first-order chi connectivity index (χ1) is 10.4. The number of carbonyl (C=O) groups is 2. The van der Waals surface area contributed by atoms with Gasteiger partial charge >= 0.3 is 5.97 Å². The van der Waals surface area contributed by atoms with Crippen molar-refractivity contribution < 1.29 is 24.2 Å². The Morgan fingerprint density at radius 1 is 1.23 bits per heavy atom. The highest BCUT2D eigenvalue weighted by Crippen LogP contribution is 2.24. The second-order valence-corrected chi connectivity index (χ2v) is 5.44. The molecule has 0 aliphatic heterocycles. The number of carbonyl (C=O) groups excluding carboxylic acids is 1. The maximum absolute atomic E-state index is 12.1. The van der Waals surface area contributed by atoms with Crippen molar-refractivity contribution in [1.29, 1.82) is 0 Å². The first-order valence-electron chi connectivity index (χ1n) is 7.10. The minimum Gasteiger partial charge on any atom is -0.497 e. The van der Waals surface area contributed by atoms with Crippen molar-refractivity contribution in [3.8, 4) is 11.5 Å². The van der Waals surface area contributed by atoms with E-state index in [-0.39, 0.29) is 18.2 Å². The van der Waals surface area contributed by atoms with Gasteiger partial charge in [0.2, 0.25) is 5.91 Å². The van der Waals surface area contributed by atoms with Crippen LogP contribution >= 0.6 is 0 Å². The molecule has 0 radical (unpaired) electrons. The van der Waals surface area contributed by atoms with E-state index in [4.69, 9.17) is 14.6 Å². The molecule has 6 heteroatoms. The zero-order chi connectivity index (χ0) is 16.7. The first-order valence-corrected chi connectivity index (χ1v) is 7.10. The molecule has 0 fully saturated rings. The van der Waals surface area contributed by atoms with Crippen LogP contribution in [0.3, 0.4) is 0 Å². The largest absolute Gasteiger partial charge is 0.497 e. The lowest BCUT2D eigenvalue weighted by Crippen LogP contribution is -2.42. The van der Waals surface area contributed by atoms with Crippen LogP contribution in [0.25, 0.3) is 0 Å². The van der Waals surface area contributed by atoms with E-state index >= 15 is 0 Å². The van der Waals surface area contributed by atoms with Gasteiger partial charge in [0, 0.05) is 11.6 Å². The number of rotatable bonds is 8. The molecule has 0 aromatic heterocycles. The number of benzene rings is 1. The number of ether oxygens (including phenoxy) is 2. The van der Waals surface area contributed by atoms with E-state index < -0.39 is 12.0 Å². The topological polar surface area (TPSA) is 84.9 Å². The monoisotopic (exact) mass is 309 g/mol. The number of methoxy groups -OCH3 is 2. The first kappa shape index (κ1) is 17.8. The predicted octanol–water partition coefficient (Wildman–Crippen LogP) is 1.86. The normalized spacial score (nSPS) is 11.9. The van der Waals surface area contributed by atoms with Crippen molar-refractivity contribution in [1.82, 2.24) is 5.32 Å². The second-order valence-electron chi connectivity index (χ2n) is 5.44. The van der Waals surface area contributed by atoms with Gasteiger partial charge in [-0.2, -0.15) is 0 Å². The van der Waals surface area contributed by atoms with Gasteiger partial charge in [0.15, 0.2) is 0 Å². The molecule has 22 heavy (non-hydrogen) atoms. The Bertz CT molecular complexity index is 527. The summed E-state index contributed by atoms with van der Waals surface area (Å²) >= 11 is 0. The highest BCUT2D eigenvalue weighted by atomic mass is 16.5. The summed E-state index contributed by atoms with van der Waals surface area (Å²) in [6.45, 7) is 3.82. The van der Waals surface area contributed by atoms with Crippen molar-refractivity contribution in [3.63, 3.8) is 0 Å². The quantitative estimate of drug-likeness (QED) is 0.765. The van der Waals surface area contributed by atoms with Crippen molar-refractivity contribution in [2.45, 2.75) is 32.7 Å². The molecule has 0 saturated heterocycles. The van der Waals surface area contributed by atoms with Crippen LogP contribution in [-0.4, -0.2) is 37.2 Å². The molecule has 2 N–H and O–H groups in total. The predicted molar refractivity (Wildman–Crippen MR) is 82.3 cm³/mol. The van der Waals surface area contributed by atoms with Gasteiger partial charge in [-0.1, -0.05) is 19.9 Å². The molecule has 0 bridgehead atoms. The zero-order valence-electron chi connectivity index (χ0n) is 13.4. The van der Waals surface area contributed by atoms with Crippen molar-refractivity contribution in [2.24, 2.45) is 5.92 Å². The summed E-state index contributed by atoms with van der Waals surface area (Å²) in [6, 6.07) is 4.27. The Morgan fingerprint density at radius 2 is 1.91 bits per heavy atom. The van der Waals surface area contributed by atoms with E-state index in [0.29, 0.717) is 23.5 Å². The second kappa shape index (κ2) is 8.26. The average Bonchev–Trinajstić information content (AvgIpc) is 2.46. The molecule has 122 valence electrons. The minimum absolute atomic E-state index is 0.0506. The number of hydrogen-bond acceptors (Lipinski definition) is 4. The molecule has 1 atom stereocenters. The van der Waals surface area contributed by atoms with E-state index in [1.54, 1.807) is 25.3 Å². The number of hydrogen-bond donors (Lipinski definition) is 2. The van der Waals surface area contributed by atoms with Gasteiger partial charge in [-0.3, -0.25) is 4.79 Å². The number of nitrogens with one attached hydrogen (secondary N) is 1. The summed E-state index contributed by atoms with van der Waals surface area (Å²) in [6.07, 6.45) is 0.440. The number of aliphatic carboxylic acids is 1. The molecule has 0 spiro atoms. The highest BCUT2D eigenvalue weighted by Gasteiger charge is 2.21. The molecule has 1 unspecified atom stereocenters. The molecule has 1 amide bonds. The van der Waals surface area contributed by atoms with Crippen molar-refractivity contribution >= 4 is 11.9 Å². The fraction of sp³-hybridized carbons (Fsp3) is 0.500. The molecule has 6 nitrogen and oxygen atoms in total. The number of carboxylic acids is 1. The molecule has 1 aromatic rings. The van der Waals surface area contributed by atoms with Crippen LogP contribution in [0.5, 0.6) is 11.5 Å². The SMILES string of the molecule is COc1ccc(CC(=O)NC(CC(C)C)C(=O)O)c(OC)c1. The third-order valence-corrected chi connectivity index (χ3v) is 3.19. The zero-order valence-corrected chi connectivity index (χ0v) is 13.4. The minimum atomic E-state index is -1.02. The lowest BCUT2D eigenvalue weighted by Gasteiger charge is -2.17. The number of carboxylic acid groups (broad SMARTS) is 1. The molecular formula is C16H23NO5. The smallest absolute Gasteiger partial charge is 0.326 e. The van der Waals surface area contributed by atoms with E-state index in [2.05, 4.69) is 5.32 Å². The van der Waals surface area contributed by atoms with Crippen molar-refractivity contribution in [2.75, 3.05) is 14.2 Å². The Hall–Kier alpha value is -2.24. The maximum Gasteiger partial charge on any atom is 0.326 e. The molecule has 0 heterocycles. The maximum atomic E-state index is 12.1. The van der Waals surface area contributed by atoms with E-state index in [9.17, 15) is 9.59 Å². The van der Waals surface area contributed by atoms with E-state index in [0.717, 1.165) is 0 Å². The lowest BCUT2D eigenvalue weighted by atomic mass is 10.0. The van der Waals surface area contributed by atoms with Gasteiger partial charge in [0.1, 0.15) is 17.5 Å². The Balaban J connectivity index is 2.77. The lowest BCUT2D eigenvalue weighted by molar-refractivity contribution is -0.142. The van der Waals surface area contributed by atoms with Crippen LogP contribution in [0.1, 0.15) is 25.8 Å².